The van der Waals surface area contributed by atoms with Gasteiger partial charge in [0.05, 0.1) is 6.20 Å². The smallest absolute Gasteiger partial charge is 0.260 e. The first-order chi connectivity index (χ1) is 5.77. The van der Waals surface area contributed by atoms with Gasteiger partial charge in [0, 0.05) is 0 Å². The van der Waals surface area contributed by atoms with Crippen molar-refractivity contribution in [2.75, 3.05) is 0 Å². The summed E-state index contributed by atoms with van der Waals surface area (Å²) >= 11 is 2.18. The zero-order chi connectivity index (χ0) is 8.55. The molecule has 4 nitrogen and oxygen atoms in total. The highest BCUT2D eigenvalue weighted by atomic mass is 127. The summed E-state index contributed by atoms with van der Waals surface area (Å²) < 4.78 is 11.0. The zero-order valence-corrected chi connectivity index (χ0v) is 8.56. The summed E-state index contributed by atoms with van der Waals surface area (Å²) in [7, 11) is 0. The second-order valence-electron chi connectivity index (χ2n) is 2.48. The molecule has 0 fully saturated rings. The summed E-state index contributed by atoms with van der Waals surface area (Å²) in [4.78, 5) is 7.78. The monoisotopic (exact) mass is 278 g/mol. The average molecular weight is 278 g/mol. The van der Waals surface area contributed by atoms with E-state index in [-0.39, 0.29) is 10.2 Å². The van der Waals surface area contributed by atoms with Crippen LogP contribution in [0.5, 0.6) is 11.6 Å². The SMILES string of the molecule is CC1Oc2ncncc2OC1I. The van der Waals surface area contributed by atoms with Crippen molar-refractivity contribution in [1.29, 1.82) is 0 Å². The lowest BCUT2D eigenvalue weighted by atomic mass is 10.4. The van der Waals surface area contributed by atoms with E-state index in [1.807, 2.05) is 6.92 Å². The van der Waals surface area contributed by atoms with Gasteiger partial charge in [0.2, 0.25) is 5.75 Å². The maximum absolute atomic E-state index is 5.48. The third-order valence-corrected chi connectivity index (χ3v) is 2.82. The molecule has 1 aliphatic rings. The molecule has 0 amide bonds. The van der Waals surface area contributed by atoms with Crippen LogP contribution in [0.2, 0.25) is 0 Å². The number of halogens is 1. The molecule has 0 saturated carbocycles. The number of nitrogens with zero attached hydrogens (tertiary/aromatic N) is 2. The van der Waals surface area contributed by atoms with Crippen LogP contribution in [0, 0.1) is 0 Å². The van der Waals surface area contributed by atoms with Crippen LogP contribution >= 0.6 is 22.6 Å². The van der Waals surface area contributed by atoms with E-state index >= 15 is 0 Å². The highest BCUT2D eigenvalue weighted by Crippen LogP contribution is 2.32. The van der Waals surface area contributed by atoms with Crippen molar-refractivity contribution in [1.82, 2.24) is 9.97 Å². The lowest BCUT2D eigenvalue weighted by Crippen LogP contribution is -2.33. The highest BCUT2D eigenvalue weighted by molar-refractivity contribution is 14.1. The standard InChI is InChI=1S/C7H7IN2O2/c1-4-6(8)12-5-2-9-3-10-7(5)11-4/h2-4,6H,1H3. The first-order valence-corrected chi connectivity index (χ1v) is 4.79. The predicted octanol–water partition coefficient (Wildman–Crippen LogP) is 1.40. The number of hydrogen-bond donors (Lipinski definition) is 0. The van der Waals surface area contributed by atoms with Crippen molar-refractivity contribution in [3.05, 3.63) is 12.5 Å². The molecule has 2 unspecified atom stereocenters. The van der Waals surface area contributed by atoms with E-state index in [1.54, 1.807) is 6.20 Å². The molecular formula is C7H7IN2O2. The fraction of sp³-hybridized carbons (Fsp3) is 0.429. The molecule has 0 aliphatic carbocycles. The van der Waals surface area contributed by atoms with E-state index in [0.29, 0.717) is 11.6 Å². The summed E-state index contributed by atoms with van der Waals surface area (Å²) in [6.07, 6.45) is 3.09. The van der Waals surface area contributed by atoms with Gasteiger partial charge in [-0.25, -0.2) is 4.98 Å². The van der Waals surface area contributed by atoms with Crippen LogP contribution in [0.25, 0.3) is 0 Å². The molecule has 1 aliphatic heterocycles. The largest absolute Gasteiger partial charge is 0.469 e. The van der Waals surface area contributed by atoms with Crippen LogP contribution in [0.3, 0.4) is 0 Å². The van der Waals surface area contributed by atoms with Gasteiger partial charge < -0.3 is 9.47 Å². The fourth-order valence-electron chi connectivity index (χ4n) is 0.922. The van der Waals surface area contributed by atoms with Gasteiger partial charge in [-0.15, -0.1) is 0 Å². The van der Waals surface area contributed by atoms with E-state index in [2.05, 4.69) is 32.6 Å². The minimum absolute atomic E-state index is 0.0288. The van der Waals surface area contributed by atoms with E-state index in [0.717, 1.165) is 0 Å². The van der Waals surface area contributed by atoms with E-state index < -0.39 is 0 Å². The zero-order valence-electron chi connectivity index (χ0n) is 6.40. The van der Waals surface area contributed by atoms with Crippen LogP contribution in [0.4, 0.5) is 0 Å². The lowest BCUT2D eigenvalue weighted by molar-refractivity contribution is 0.0856. The second kappa shape index (κ2) is 3.04. The van der Waals surface area contributed by atoms with Crippen molar-refractivity contribution in [3.8, 4) is 11.6 Å². The van der Waals surface area contributed by atoms with Gasteiger partial charge in [0.1, 0.15) is 12.4 Å². The quantitative estimate of drug-likeness (QED) is 0.531. The maximum Gasteiger partial charge on any atom is 0.260 e. The minimum atomic E-state index is 0.0288. The van der Waals surface area contributed by atoms with Crippen LogP contribution in [0.1, 0.15) is 6.92 Å². The van der Waals surface area contributed by atoms with Gasteiger partial charge in [-0.3, -0.25) is 0 Å². The molecule has 64 valence electrons. The Balaban J connectivity index is 2.34. The molecule has 0 aromatic carbocycles. The number of alkyl halides is 1. The minimum Gasteiger partial charge on any atom is -0.469 e. The number of aromatic nitrogens is 2. The molecule has 0 saturated heterocycles. The van der Waals surface area contributed by atoms with Crippen LogP contribution < -0.4 is 9.47 Å². The van der Waals surface area contributed by atoms with Gasteiger partial charge in [0.15, 0.2) is 4.11 Å². The Labute approximate surface area is 83.4 Å². The fourth-order valence-corrected chi connectivity index (χ4v) is 1.34. The third-order valence-electron chi connectivity index (χ3n) is 1.55. The van der Waals surface area contributed by atoms with Crippen molar-refractivity contribution in [2.24, 2.45) is 0 Å². The summed E-state index contributed by atoms with van der Waals surface area (Å²) in [5, 5.41) is 0. The predicted molar refractivity (Wildman–Crippen MR) is 50.6 cm³/mol. The van der Waals surface area contributed by atoms with Crippen LogP contribution in [-0.2, 0) is 0 Å². The molecule has 0 bridgehead atoms. The van der Waals surface area contributed by atoms with Crippen LogP contribution in [-0.4, -0.2) is 20.2 Å². The summed E-state index contributed by atoms with van der Waals surface area (Å²) in [5.41, 5.74) is 0. The second-order valence-corrected chi connectivity index (χ2v) is 3.71. The molecule has 1 aromatic heterocycles. The Morgan fingerprint density at radius 2 is 2.33 bits per heavy atom. The molecule has 12 heavy (non-hydrogen) atoms. The molecule has 2 heterocycles. The first-order valence-electron chi connectivity index (χ1n) is 3.55. The molecule has 0 radical (unpaired) electrons. The number of hydrogen-bond acceptors (Lipinski definition) is 4. The topological polar surface area (TPSA) is 44.2 Å². The molecule has 2 atom stereocenters. The molecule has 0 spiro atoms. The summed E-state index contributed by atoms with van der Waals surface area (Å²) in [6.45, 7) is 1.95. The van der Waals surface area contributed by atoms with Crippen LogP contribution in [0.15, 0.2) is 12.5 Å². The maximum atomic E-state index is 5.48. The van der Waals surface area contributed by atoms with Gasteiger partial charge in [-0.2, -0.15) is 4.98 Å². The summed E-state index contributed by atoms with van der Waals surface area (Å²) in [6, 6.07) is 0. The number of fused-ring (bicyclic) bond motifs is 1. The molecule has 0 N–H and O–H groups in total. The van der Waals surface area contributed by atoms with E-state index in [1.165, 1.54) is 6.33 Å². The summed E-state index contributed by atoms with van der Waals surface area (Å²) in [5.74, 6) is 1.15. The van der Waals surface area contributed by atoms with Gasteiger partial charge in [-0.1, -0.05) is 0 Å². The number of rotatable bonds is 0. The van der Waals surface area contributed by atoms with Crippen molar-refractivity contribution >= 4 is 22.6 Å². The Morgan fingerprint density at radius 1 is 1.50 bits per heavy atom. The third kappa shape index (κ3) is 1.33. The van der Waals surface area contributed by atoms with Crippen molar-refractivity contribution in [2.45, 2.75) is 17.1 Å². The van der Waals surface area contributed by atoms with Crippen molar-refractivity contribution < 1.29 is 9.47 Å². The molecule has 5 heteroatoms. The van der Waals surface area contributed by atoms with Gasteiger partial charge >= 0.3 is 0 Å². The Bertz CT molecular complexity index is 265. The average Bonchev–Trinajstić information content (AvgIpc) is 2.07. The molecular weight excluding hydrogens is 271 g/mol. The van der Waals surface area contributed by atoms with Crippen molar-refractivity contribution in [3.63, 3.8) is 0 Å². The Morgan fingerprint density at radius 3 is 3.17 bits per heavy atom. The number of ether oxygens (including phenoxy) is 2. The van der Waals surface area contributed by atoms with Gasteiger partial charge in [-0.05, 0) is 29.5 Å². The van der Waals surface area contributed by atoms with E-state index in [9.17, 15) is 0 Å². The molecule has 1 aromatic rings. The Kier molecular flexibility index (Phi) is 2.03. The van der Waals surface area contributed by atoms with Gasteiger partial charge in [0.25, 0.3) is 5.88 Å². The highest BCUT2D eigenvalue weighted by Gasteiger charge is 2.26. The van der Waals surface area contributed by atoms with E-state index in [4.69, 9.17) is 9.47 Å². The Hall–Kier alpha value is -0.590. The first kappa shape index (κ1) is 8.03. The lowest BCUT2D eigenvalue weighted by Gasteiger charge is -2.26. The normalized spacial score (nSPS) is 26.8. The molecule has 2 rings (SSSR count).